The van der Waals surface area contributed by atoms with E-state index in [0.29, 0.717) is 22.9 Å². The standard InChI is InChI=1S/C29H25N3O4S/c1-22-7-17-28(18-8-22)37(34,35)32(21-29(33)31-24-11-9-23(10-12-24)19-20-30)25-13-15-27(16-14-25)36-26-5-3-2-4-6-26/h2-18H,19,21H2,1H3,(H,31,33). The van der Waals surface area contributed by atoms with Crippen LogP contribution in [0, 0.1) is 18.3 Å². The van der Waals surface area contributed by atoms with Crippen molar-refractivity contribution in [2.45, 2.75) is 18.2 Å². The summed E-state index contributed by atoms with van der Waals surface area (Å²) in [6.45, 7) is 1.43. The van der Waals surface area contributed by atoms with Crippen LogP contribution < -0.4 is 14.4 Å². The molecule has 0 aromatic heterocycles. The van der Waals surface area contributed by atoms with Gasteiger partial charge in [-0.15, -0.1) is 0 Å². The van der Waals surface area contributed by atoms with Crippen LogP contribution in [0.5, 0.6) is 11.5 Å². The highest BCUT2D eigenvalue weighted by molar-refractivity contribution is 7.92. The number of para-hydroxylation sites is 1. The van der Waals surface area contributed by atoms with E-state index in [1.54, 1.807) is 60.7 Å². The molecule has 0 spiro atoms. The van der Waals surface area contributed by atoms with Crippen molar-refractivity contribution in [3.8, 4) is 17.6 Å². The molecule has 8 heteroatoms. The van der Waals surface area contributed by atoms with Gasteiger partial charge in [-0.05, 0) is 73.2 Å². The summed E-state index contributed by atoms with van der Waals surface area (Å²) in [6, 6.07) is 31.1. The Kier molecular flexibility index (Phi) is 7.86. The molecule has 1 amide bonds. The summed E-state index contributed by atoms with van der Waals surface area (Å²) in [6.07, 6.45) is 0.265. The Labute approximate surface area is 216 Å². The van der Waals surface area contributed by atoms with Gasteiger partial charge in [0.25, 0.3) is 10.0 Å². The van der Waals surface area contributed by atoms with E-state index in [-0.39, 0.29) is 11.3 Å². The largest absolute Gasteiger partial charge is 0.457 e. The minimum atomic E-state index is -4.05. The summed E-state index contributed by atoms with van der Waals surface area (Å²) < 4.78 is 34.1. The molecule has 37 heavy (non-hydrogen) atoms. The minimum absolute atomic E-state index is 0.0800. The van der Waals surface area contributed by atoms with Gasteiger partial charge in [0.1, 0.15) is 18.0 Å². The topological polar surface area (TPSA) is 99.5 Å². The van der Waals surface area contributed by atoms with Crippen molar-refractivity contribution in [3.63, 3.8) is 0 Å². The van der Waals surface area contributed by atoms with E-state index in [9.17, 15) is 13.2 Å². The maximum atomic E-state index is 13.6. The van der Waals surface area contributed by atoms with Gasteiger partial charge in [0.05, 0.1) is 23.1 Å². The number of amides is 1. The fourth-order valence-electron chi connectivity index (χ4n) is 3.59. The van der Waals surface area contributed by atoms with E-state index in [1.165, 1.54) is 12.1 Å². The Bertz CT molecular complexity index is 1500. The van der Waals surface area contributed by atoms with Crippen molar-refractivity contribution < 1.29 is 17.9 Å². The first-order valence-corrected chi connectivity index (χ1v) is 13.0. The lowest BCUT2D eigenvalue weighted by molar-refractivity contribution is -0.114. The number of anilines is 2. The fourth-order valence-corrected chi connectivity index (χ4v) is 5.01. The molecule has 0 radical (unpaired) electrons. The number of hydrogen-bond donors (Lipinski definition) is 1. The van der Waals surface area contributed by atoms with Gasteiger partial charge in [-0.2, -0.15) is 5.26 Å². The lowest BCUT2D eigenvalue weighted by Crippen LogP contribution is -2.38. The van der Waals surface area contributed by atoms with Gasteiger partial charge in [0.2, 0.25) is 5.91 Å². The van der Waals surface area contributed by atoms with Crippen LogP contribution in [0.4, 0.5) is 11.4 Å². The fraction of sp³-hybridized carbons (Fsp3) is 0.103. The molecule has 0 atom stereocenters. The van der Waals surface area contributed by atoms with Gasteiger partial charge >= 0.3 is 0 Å². The molecule has 1 N–H and O–H groups in total. The summed E-state index contributed by atoms with van der Waals surface area (Å²) >= 11 is 0. The molecule has 0 saturated heterocycles. The highest BCUT2D eigenvalue weighted by atomic mass is 32.2. The van der Waals surface area contributed by atoms with E-state index in [2.05, 4.69) is 11.4 Å². The molecular formula is C29H25N3O4S. The lowest BCUT2D eigenvalue weighted by Gasteiger charge is -2.24. The van der Waals surface area contributed by atoms with Crippen LogP contribution in [0.1, 0.15) is 11.1 Å². The minimum Gasteiger partial charge on any atom is -0.457 e. The Morgan fingerprint density at radius 3 is 2.11 bits per heavy atom. The number of sulfonamides is 1. The third-order valence-corrected chi connectivity index (χ3v) is 7.31. The third-order valence-electron chi connectivity index (χ3n) is 5.52. The lowest BCUT2D eigenvalue weighted by atomic mass is 10.1. The van der Waals surface area contributed by atoms with Crippen molar-refractivity contribution >= 4 is 27.3 Å². The summed E-state index contributed by atoms with van der Waals surface area (Å²) in [5, 5.41) is 11.6. The number of carbonyl (C=O) groups excluding carboxylic acids is 1. The Hall–Kier alpha value is -4.61. The quantitative estimate of drug-likeness (QED) is 0.311. The molecule has 0 saturated carbocycles. The Morgan fingerprint density at radius 1 is 0.865 bits per heavy atom. The molecule has 0 aliphatic rings. The predicted octanol–water partition coefficient (Wildman–Crippen LogP) is 5.69. The second-order valence-corrected chi connectivity index (χ2v) is 10.2. The maximum Gasteiger partial charge on any atom is 0.264 e. The molecule has 0 heterocycles. The number of hydrogen-bond acceptors (Lipinski definition) is 5. The molecule has 0 bridgehead atoms. The highest BCUT2D eigenvalue weighted by Crippen LogP contribution is 2.28. The van der Waals surface area contributed by atoms with Crippen molar-refractivity contribution in [3.05, 3.63) is 114 Å². The number of rotatable bonds is 9. The Morgan fingerprint density at radius 2 is 1.49 bits per heavy atom. The van der Waals surface area contributed by atoms with Crippen LogP contribution in [0.15, 0.2) is 108 Å². The zero-order chi connectivity index (χ0) is 26.3. The molecule has 186 valence electrons. The molecule has 4 rings (SSSR count). The second-order valence-electron chi connectivity index (χ2n) is 8.31. The predicted molar refractivity (Wildman–Crippen MR) is 143 cm³/mol. The average Bonchev–Trinajstić information content (AvgIpc) is 2.90. The monoisotopic (exact) mass is 511 g/mol. The van der Waals surface area contributed by atoms with Crippen LogP contribution in [0.25, 0.3) is 0 Å². The van der Waals surface area contributed by atoms with E-state index in [0.717, 1.165) is 15.4 Å². The normalized spacial score (nSPS) is 10.8. The molecular weight excluding hydrogens is 486 g/mol. The number of benzene rings is 4. The SMILES string of the molecule is Cc1ccc(S(=O)(=O)N(CC(=O)Nc2ccc(CC#N)cc2)c2ccc(Oc3ccccc3)cc2)cc1. The third kappa shape index (κ3) is 6.54. The van der Waals surface area contributed by atoms with Crippen molar-refractivity contribution in [1.82, 2.24) is 0 Å². The van der Waals surface area contributed by atoms with Gasteiger partial charge in [-0.1, -0.05) is 48.0 Å². The van der Waals surface area contributed by atoms with Gasteiger partial charge in [0.15, 0.2) is 0 Å². The van der Waals surface area contributed by atoms with E-state index < -0.39 is 22.5 Å². The zero-order valence-electron chi connectivity index (χ0n) is 20.2. The molecule has 4 aromatic carbocycles. The van der Waals surface area contributed by atoms with Gasteiger partial charge in [-0.3, -0.25) is 9.10 Å². The number of nitrogens with one attached hydrogen (secondary N) is 1. The van der Waals surface area contributed by atoms with Crippen LogP contribution in [0.3, 0.4) is 0 Å². The van der Waals surface area contributed by atoms with E-state index >= 15 is 0 Å². The molecule has 0 unspecified atom stereocenters. The summed E-state index contributed by atoms with van der Waals surface area (Å²) in [4.78, 5) is 13.0. The second kappa shape index (κ2) is 11.4. The number of nitriles is 1. The van der Waals surface area contributed by atoms with E-state index in [1.807, 2.05) is 37.3 Å². The first-order chi connectivity index (χ1) is 17.8. The van der Waals surface area contributed by atoms with Gasteiger partial charge in [-0.25, -0.2) is 8.42 Å². The van der Waals surface area contributed by atoms with Crippen LogP contribution in [0.2, 0.25) is 0 Å². The number of ether oxygens (including phenoxy) is 1. The van der Waals surface area contributed by atoms with Crippen LogP contribution in [-0.2, 0) is 21.2 Å². The van der Waals surface area contributed by atoms with Crippen LogP contribution in [-0.4, -0.2) is 20.9 Å². The van der Waals surface area contributed by atoms with Crippen LogP contribution >= 0.6 is 0 Å². The van der Waals surface area contributed by atoms with Crippen molar-refractivity contribution in [2.75, 3.05) is 16.2 Å². The molecule has 7 nitrogen and oxygen atoms in total. The zero-order valence-corrected chi connectivity index (χ0v) is 21.0. The number of carbonyl (C=O) groups is 1. The summed E-state index contributed by atoms with van der Waals surface area (Å²) in [5.41, 5.74) is 2.57. The highest BCUT2D eigenvalue weighted by Gasteiger charge is 2.27. The molecule has 0 aliphatic carbocycles. The van der Waals surface area contributed by atoms with Gasteiger partial charge < -0.3 is 10.1 Å². The maximum absolute atomic E-state index is 13.6. The molecule has 0 aliphatic heterocycles. The van der Waals surface area contributed by atoms with Crippen molar-refractivity contribution in [1.29, 1.82) is 5.26 Å². The van der Waals surface area contributed by atoms with Crippen molar-refractivity contribution in [2.24, 2.45) is 0 Å². The average molecular weight is 512 g/mol. The first kappa shape index (κ1) is 25.5. The molecule has 4 aromatic rings. The van der Waals surface area contributed by atoms with E-state index in [4.69, 9.17) is 10.00 Å². The smallest absolute Gasteiger partial charge is 0.264 e. The molecule has 0 fully saturated rings. The summed E-state index contributed by atoms with van der Waals surface area (Å²) in [5.74, 6) is 0.678. The summed E-state index contributed by atoms with van der Waals surface area (Å²) in [7, 11) is -4.05. The first-order valence-electron chi connectivity index (χ1n) is 11.5. The number of aryl methyl sites for hydroxylation is 1. The Balaban J connectivity index is 1.59. The van der Waals surface area contributed by atoms with Gasteiger partial charge in [0, 0.05) is 5.69 Å². The number of nitrogens with zero attached hydrogens (tertiary/aromatic N) is 2.